The number of allylic oxidation sites excluding steroid dienone is 1. The summed E-state index contributed by atoms with van der Waals surface area (Å²) in [4.78, 5) is 41.4. The van der Waals surface area contributed by atoms with Crippen LogP contribution < -0.4 is 14.8 Å². The maximum absolute atomic E-state index is 13.7. The summed E-state index contributed by atoms with van der Waals surface area (Å²) in [5.74, 6) is 0.139. The Balaban J connectivity index is 1.64. The highest BCUT2D eigenvalue weighted by molar-refractivity contribution is 5.92. The Morgan fingerprint density at radius 2 is 2.06 bits per heavy atom. The van der Waals surface area contributed by atoms with Gasteiger partial charge >= 0.3 is 5.97 Å². The van der Waals surface area contributed by atoms with Gasteiger partial charge in [0, 0.05) is 24.6 Å². The van der Waals surface area contributed by atoms with Gasteiger partial charge in [-0.1, -0.05) is 25.5 Å². The van der Waals surface area contributed by atoms with E-state index >= 15 is 0 Å². The molecule has 3 aliphatic rings. The van der Waals surface area contributed by atoms with Crippen molar-refractivity contribution in [2.24, 2.45) is 11.3 Å². The molecule has 8 nitrogen and oxygen atoms in total. The van der Waals surface area contributed by atoms with Gasteiger partial charge in [0.05, 0.1) is 13.2 Å². The fraction of sp³-hybridized carbons (Fsp3) is 0.577. The number of unbranched alkanes of at least 4 members (excludes halogenated alkanes) is 1. The van der Waals surface area contributed by atoms with E-state index in [1.54, 1.807) is 11.8 Å². The van der Waals surface area contributed by atoms with Crippen molar-refractivity contribution in [2.75, 3.05) is 19.9 Å². The molecule has 1 aliphatic carbocycles. The Morgan fingerprint density at radius 1 is 1.24 bits per heavy atom. The molecule has 2 heterocycles. The minimum absolute atomic E-state index is 0.0641. The second-order valence-corrected chi connectivity index (χ2v) is 9.20. The largest absolute Gasteiger partial charge is 0.465 e. The number of amides is 2. The molecule has 2 amide bonds. The number of benzene rings is 1. The van der Waals surface area contributed by atoms with Crippen LogP contribution in [0.4, 0.5) is 0 Å². The Bertz CT molecular complexity index is 974. The van der Waals surface area contributed by atoms with E-state index in [2.05, 4.69) is 12.2 Å². The zero-order chi connectivity index (χ0) is 24.1. The van der Waals surface area contributed by atoms with E-state index in [0.717, 1.165) is 31.2 Å². The maximum atomic E-state index is 13.7. The first kappa shape index (κ1) is 24.1. The molecule has 2 aliphatic heterocycles. The molecule has 1 fully saturated rings. The highest BCUT2D eigenvalue weighted by atomic mass is 16.7. The maximum Gasteiger partial charge on any atom is 0.318 e. The molecule has 34 heavy (non-hydrogen) atoms. The smallest absolute Gasteiger partial charge is 0.318 e. The first-order valence-corrected chi connectivity index (χ1v) is 12.3. The van der Waals surface area contributed by atoms with Crippen LogP contribution in [0.25, 0.3) is 0 Å². The van der Waals surface area contributed by atoms with Gasteiger partial charge in [0.2, 0.25) is 18.6 Å². The SMILES string of the molecule is CCCCNC(=O)C[C@@H]1C[C@@]2(C(=O)OCC)CCCC=C2N(Cc2ccc3c(c2)OCO3)C1=O. The molecule has 4 rings (SSSR count). The number of hydrogen-bond donors (Lipinski definition) is 1. The van der Waals surface area contributed by atoms with Gasteiger partial charge in [-0.2, -0.15) is 0 Å². The fourth-order valence-electron chi connectivity index (χ4n) is 5.19. The number of likely N-dealkylation sites (tertiary alicyclic amines) is 1. The molecule has 0 bridgehead atoms. The van der Waals surface area contributed by atoms with Crippen molar-refractivity contribution in [1.82, 2.24) is 10.2 Å². The lowest BCUT2D eigenvalue weighted by atomic mass is 9.66. The average molecular weight is 471 g/mol. The predicted octanol–water partition coefficient (Wildman–Crippen LogP) is 3.69. The third kappa shape index (κ3) is 4.76. The lowest BCUT2D eigenvalue weighted by Gasteiger charge is -2.48. The summed E-state index contributed by atoms with van der Waals surface area (Å²) in [6, 6.07) is 5.60. The van der Waals surface area contributed by atoms with Gasteiger partial charge in [0.15, 0.2) is 11.5 Å². The second kappa shape index (κ2) is 10.5. The molecule has 1 N–H and O–H groups in total. The molecule has 0 aromatic heterocycles. The second-order valence-electron chi connectivity index (χ2n) is 9.20. The lowest BCUT2D eigenvalue weighted by Crippen LogP contribution is -2.54. The summed E-state index contributed by atoms with van der Waals surface area (Å²) >= 11 is 0. The van der Waals surface area contributed by atoms with Crippen LogP contribution in [0.5, 0.6) is 11.5 Å². The number of esters is 1. The van der Waals surface area contributed by atoms with Crippen molar-refractivity contribution in [3.8, 4) is 11.5 Å². The van der Waals surface area contributed by atoms with Crippen LogP contribution in [-0.2, 0) is 25.7 Å². The summed E-state index contributed by atoms with van der Waals surface area (Å²) in [7, 11) is 0. The first-order chi connectivity index (χ1) is 16.5. The summed E-state index contributed by atoms with van der Waals surface area (Å²) in [6.07, 6.45) is 6.48. The fourth-order valence-corrected chi connectivity index (χ4v) is 5.19. The Kier molecular flexibility index (Phi) is 7.44. The summed E-state index contributed by atoms with van der Waals surface area (Å²) in [5.41, 5.74) is 0.671. The van der Waals surface area contributed by atoms with Crippen LogP contribution in [0.2, 0.25) is 0 Å². The van der Waals surface area contributed by atoms with E-state index in [4.69, 9.17) is 14.2 Å². The highest BCUT2D eigenvalue weighted by Crippen LogP contribution is 2.50. The number of nitrogens with one attached hydrogen (secondary N) is 1. The number of nitrogens with zero attached hydrogens (tertiary/aromatic N) is 1. The summed E-state index contributed by atoms with van der Waals surface area (Å²) in [5, 5.41) is 2.91. The molecular formula is C26H34N2O6. The highest BCUT2D eigenvalue weighted by Gasteiger charge is 2.54. The molecule has 1 aromatic carbocycles. The summed E-state index contributed by atoms with van der Waals surface area (Å²) < 4.78 is 16.4. The van der Waals surface area contributed by atoms with E-state index in [1.165, 1.54) is 0 Å². The van der Waals surface area contributed by atoms with Crippen molar-refractivity contribution >= 4 is 17.8 Å². The van der Waals surface area contributed by atoms with Crippen LogP contribution in [0.1, 0.15) is 64.4 Å². The van der Waals surface area contributed by atoms with Crippen LogP contribution in [0, 0.1) is 11.3 Å². The number of hydrogen-bond acceptors (Lipinski definition) is 6. The number of piperidine rings is 1. The Hall–Kier alpha value is -3.03. The van der Waals surface area contributed by atoms with Gasteiger partial charge in [-0.3, -0.25) is 14.4 Å². The van der Waals surface area contributed by atoms with Gasteiger partial charge in [-0.25, -0.2) is 0 Å². The topological polar surface area (TPSA) is 94.2 Å². The van der Waals surface area contributed by atoms with Gasteiger partial charge < -0.3 is 24.4 Å². The summed E-state index contributed by atoms with van der Waals surface area (Å²) in [6.45, 7) is 5.17. The lowest BCUT2D eigenvalue weighted by molar-refractivity contribution is -0.162. The minimum atomic E-state index is -0.910. The number of ether oxygens (including phenoxy) is 3. The molecule has 0 radical (unpaired) electrons. The molecule has 8 heteroatoms. The third-order valence-corrected chi connectivity index (χ3v) is 6.86. The molecule has 0 saturated carbocycles. The van der Waals surface area contributed by atoms with Crippen molar-refractivity contribution in [1.29, 1.82) is 0 Å². The van der Waals surface area contributed by atoms with Crippen molar-refractivity contribution in [2.45, 2.75) is 65.3 Å². The van der Waals surface area contributed by atoms with Gasteiger partial charge in [0.25, 0.3) is 0 Å². The number of rotatable bonds is 9. The molecule has 2 atom stereocenters. The van der Waals surface area contributed by atoms with Crippen LogP contribution in [0.3, 0.4) is 0 Å². The van der Waals surface area contributed by atoms with Crippen molar-refractivity contribution in [3.05, 3.63) is 35.5 Å². The number of fused-ring (bicyclic) bond motifs is 2. The molecule has 1 aromatic rings. The van der Waals surface area contributed by atoms with Gasteiger partial charge in [0.1, 0.15) is 5.41 Å². The van der Waals surface area contributed by atoms with Crippen LogP contribution >= 0.6 is 0 Å². The minimum Gasteiger partial charge on any atom is -0.465 e. The monoisotopic (exact) mass is 470 g/mol. The Labute approximate surface area is 200 Å². The third-order valence-electron chi connectivity index (χ3n) is 6.86. The predicted molar refractivity (Wildman–Crippen MR) is 125 cm³/mol. The number of carbonyl (C=O) groups is 3. The first-order valence-electron chi connectivity index (χ1n) is 12.3. The number of carbonyl (C=O) groups excluding carboxylic acids is 3. The van der Waals surface area contributed by atoms with E-state index < -0.39 is 11.3 Å². The average Bonchev–Trinajstić information content (AvgIpc) is 3.30. The normalized spacial score (nSPS) is 23.2. The van der Waals surface area contributed by atoms with Gasteiger partial charge in [-0.05, 0) is 56.7 Å². The van der Waals surface area contributed by atoms with E-state index in [9.17, 15) is 14.4 Å². The van der Waals surface area contributed by atoms with Gasteiger partial charge in [-0.15, -0.1) is 0 Å². The molecule has 0 spiro atoms. The van der Waals surface area contributed by atoms with E-state index in [0.29, 0.717) is 36.6 Å². The molecule has 1 saturated heterocycles. The molecular weight excluding hydrogens is 436 g/mol. The zero-order valence-electron chi connectivity index (χ0n) is 20.1. The van der Waals surface area contributed by atoms with Crippen molar-refractivity contribution in [3.63, 3.8) is 0 Å². The van der Waals surface area contributed by atoms with E-state index in [1.807, 2.05) is 24.3 Å². The molecule has 184 valence electrons. The Morgan fingerprint density at radius 3 is 2.85 bits per heavy atom. The zero-order valence-corrected chi connectivity index (χ0v) is 20.1. The van der Waals surface area contributed by atoms with Crippen molar-refractivity contribution < 1.29 is 28.6 Å². The van der Waals surface area contributed by atoms with Crippen LogP contribution in [-0.4, -0.2) is 42.6 Å². The quantitative estimate of drug-likeness (QED) is 0.437. The van der Waals surface area contributed by atoms with E-state index in [-0.39, 0.29) is 44.1 Å². The molecule has 0 unspecified atom stereocenters. The standard InChI is InChI=1S/C26H34N2O6/c1-3-5-12-27-23(29)14-19-15-26(25(31)32-4-2)11-7-6-8-22(26)28(24(19)30)16-18-9-10-20-21(13-18)34-17-33-20/h8-10,13,19H,3-7,11-12,14-17H2,1-2H3,(H,27,29)/t19-,26+/m1/s1. The van der Waals surface area contributed by atoms with Crippen LogP contribution in [0.15, 0.2) is 30.0 Å².